The van der Waals surface area contributed by atoms with Crippen molar-refractivity contribution in [2.24, 2.45) is 0 Å². The molecule has 178 valence electrons. The molecule has 3 atom stereocenters. The number of nitrogens with zero attached hydrogens (tertiary/aromatic N) is 4. The molecule has 0 saturated carbocycles. The first-order valence-electron chi connectivity index (χ1n) is 10.6. The summed E-state index contributed by atoms with van der Waals surface area (Å²) in [5.74, 6) is 0.567. The Labute approximate surface area is 213 Å². The van der Waals surface area contributed by atoms with Crippen LogP contribution in [0.15, 0.2) is 45.6 Å². The first-order chi connectivity index (χ1) is 16.2. The number of rotatable bonds is 6. The van der Waals surface area contributed by atoms with E-state index in [4.69, 9.17) is 10.5 Å². The number of hydrogen-bond donors (Lipinski definition) is 2. The SMILES string of the molecule is Cc1cc([C@H](C)Nc2nccc(N3C(=O)OC[C@@H]3[C@H](C)F)n2)ncc1-c1c(Br)ccc(N)c1Br. The van der Waals surface area contributed by atoms with Crippen molar-refractivity contribution in [2.75, 3.05) is 22.6 Å². The van der Waals surface area contributed by atoms with Gasteiger partial charge in [-0.3, -0.25) is 9.88 Å². The molecule has 0 radical (unpaired) electrons. The van der Waals surface area contributed by atoms with Gasteiger partial charge in [0.05, 0.1) is 11.7 Å². The number of ether oxygens (including phenoxy) is 1. The van der Waals surface area contributed by atoms with Gasteiger partial charge in [0.15, 0.2) is 0 Å². The second kappa shape index (κ2) is 9.83. The molecule has 8 nitrogen and oxygen atoms in total. The Morgan fingerprint density at radius 2 is 2.03 bits per heavy atom. The minimum absolute atomic E-state index is 0.0193. The lowest BCUT2D eigenvalue weighted by Crippen LogP contribution is -2.39. The Balaban J connectivity index is 1.57. The average molecular weight is 594 g/mol. The fourth-order valence-electron chi connectivity index (χ4n) is 3.75. The van der Waals surface area contributed by atoms with Crippen molar-refractivity contribution in [1.82, 2.24) is 15.0 Å². The molecule has 0 bridgehead atoms. The molecule has 1 amide bonds. The van der Waals surface area contributed by atoms with Gasteiger partial charge >= 0.3 is 6.09 Å². The highest BCUT2D eigenvalue weighted by Gasteiger charge is 2.39. The number of carbonyl (C=O) groups is 1. The number of pyridine rings is 1. The predicted octanol–water partition coefficient (Wildman–Crippen LogP) is 5.81. The van der Waals surface area contributed by atoms with Gasteiger partial charge in [0.2, 0.25) is 5.95 Å². The highest BCUT2D eigenvalue weighted by Crippen LogP contribution is 2.40. The third-order valence-corrected chi connectivity index (χ3v) is 7.15. The number of alkyl halides is 1. The number of anilines is 3. The third kappa shape index (κ3) is 4.72. The van der Waals surface area contributed by atoms with E-state index in [0.717, 1.165) is 31.3 Å². The number of hydrogen-bond acceptors (Lipinski definition) is 7. The number of nitrogens with one attached hydrogen (secondary N) is 1. The molecule has 0 unspecified atom stereocenters. The van der Waals surface area contributed by atoms with Gasteiger partial charge in [-0.05, 0) is 66.5 Å². The van der Waals surface area contributed by atoms with Gasteiger partial charge in [0.25, 0.3) is 0 Å². The van der Waals surface area contributed by atoms with E-state index in [2.05, 4.69) is 52.1 Å². The number of amides is 1. The van der Waals surface area contributed by atoms with E-state index in [1.165, 1.54) is 18.0 Å². The van der Waals surface area contributed by atoms with Gasteiger partial charge in [0.1, 0.15) is 24.6 Å². The van der Waals surface area contributed by atoms with Crippen LogP contribution in [0.1, 0.15) is 31.1 Å². The standard InChI is InChI=1S/C23H23Br2FN6O2/c1-11-8-17(29-9-14(11)20-15(24)4-5-16(27)21(20)25)13(3)30-22-28-7-6-19(31-22)32-18(12(2)26)10-34-23(32)33/h4-9,12-13,18H,10,27H2,1-3H3,(H,28,30,31)/t12-,13-,18+/m0/s1. The predicted molar refractivity (Wildman–Crippen MR) is 136 cm³/mol. The molecular weight excluding hydrogens is 571 g/mol. The number of halogens is 3. The number of aromatic nitrogens is 3. The minimum atomic E-state index is -1.26. The van der Waals surface area contributed by atoms with E-state index in [1.807, 2.05) is 32.0 Å². The van der Waals surface area contributed by atoms with Gasteiger partial charge in [-0.2, -0.15) is 4.98 Å². The Morgan fingerprint density at radius 1 is 1.26 bits per heavy atom. The van der Waals surface area contributed by atoms with Crippen molar-refractivity contribution < 1.29 is 13.9 Å². The molecule has 0 aliphatic carbocycles. The van der Waals surface area contributed by atoms with Crippen molar-refractivity contribution in [3.05, 3.63) is 56.9 Å². The Morgan fingerprint density at radius 3 is 2.74 bits per heavy atom. The van der Waals surface area contributed by atoms with Crippen molar-refractivity contribution in [3.63, 3.8) is 0 Å². The Kier molecular flexibility index (Phi) is 7.04. The smallest absolute Gasteiger partial charge is 0.416 e. The zero-order valence-corrected chi connectivity index (χ0v) is 21.9. The maximum atomic E-state index is 14.0. The molecule has 3 heterocycles. The summed E-state index contributed by atoms with van der Waals surface area (Å²) in [5.41, 5.74) is 10.4. The molecule has 3 N–H and O–H groups in total. The first kappa shape index (κ1) is 24.3. The number of benzene rings is 1. The highest BCUT2D eigenvalue weighted by atomic mass is 79.9. The number of cyclic esters (lactones) is 1. The van der Waals surface area contributed by atoms with Crippen molar-refractivity contribution in [3.8, 4) is 11.1 Å². The van der Waals surface area contributed by atoms with E-state index >= 15 is 0 Å². The highest BCUT2D eigenvalue weighted by molar-refractivity contribution is 9.11. The first-order valence-corrected chi connectivity index (χ1v) is 12.2. The Hall–Kier alpha value is -2.79. The van der Waals surface area contributed by atoms with Gasteiger partial charge in [-0.25, -0.2) is 14.2 Å². The molecule has 1 aromatic carbocycles. The number of aryl methyl sites for hydroxylation is 1. The quantitative estimate of drug-likeness (QED) is 0.347. The number of carbonyl (C=O) groups excluding carboxylic acids is 1. The van der Waals surface area contributed by atoms with Crippen LogP contribution in [0.4, 0.5) is 26.6 Å². The van der Waals surface area contributed by atoms with Crippen LogP contribution in [0, 0.1) is 6.92 Å². The van der Waals surface area contributed by atoms with E-state index in [-0.39, 0.29) is 18.5 Å². The molecule has 0 spiro atoms. The van der Waals surface area contributed by atoms with Crippen LogP contribution in [-0.4, -0.2) is 39.9 Å². The van der Waals surface area contributed by atoms with E-state index < -0.39 is 18.3 Å². The van der Waals surface area contributed by atoms with E-state index in [9.17, 15) is 9.18 Å². The van der Waals surface area contributed by atoms with E-state index in [0.29, 0.717) is 11.6 Å². The minimum Gasteiger partial charge on any atom is -0.447 e. The summed E-state index contributed by atoms with van der Waals surface area (Å²) in [6.45, 7) is 5.30. The van der Waals surface area contributed by atoms with E-state index in [1.54, 1.807) is 12.3 Å². The molecule has 11 heteroatoms. The molecule has 34 heavy (non-hydrogen) atoms. The summed E-state index contributed by atoms with van der Waals surface area (Å²) in [4.78, 5) is 26.6. The maximum absolute atomic E-state index is 14.0. The van der Waals surface area contributed by atoms with Crippen molar-refractivity contribution in [2.45, 2.75) is 39.0 Å². The number of nitrogen functional groups attached to an aromatic ring is 1. The third-order valence-electron chi connectivity index (χ3n) is 5.64. The lowest BCUT2D eigenvalue weighted by molar-refractivity contribution is 0.174. The molecule has 1 aliphatic heterocycles. The fraction of sp³-hybridized carbons (Fsp3) is 0.304. The zero-order chi connectivity index (χ0) is 24.6. The fourth-order valence-corrected chi connectivity index (χ4v) is 5.12. The second-order valence-electron chi connectivity index (χ2n) is 8.05. The van der Waals surface area contributed by atoms with Gasteiger partial charge in [-0.15, -0.1) is 0 Å². The average Bonchev–Trinajstić information content (AvgIpc) is 3.19. The van der Waals surface area contributed by atoms with Crippen LogP contribution in [0.25, 0.3) is 11.1 Å². The summed E-state index contributed by atoms with van der Waals surface area (Å²) < 4.78 is 20.7. The van der Waals surface area contributed by atoms with Gasteiger partial charge in [-0.1, -0.05) is 15.9 Å². The van der Waals surface area contributed by atoms with Crippen LogP contribution in [-0.2, 0) is 4.74 Å². The molecule has 3 aromatic rings. The van der Waals surface area contributed by atoms with Crippen LogP contribution in [0.5, 0.6) is 0 Å². The summed E-state index contributed by atoms with van der Waals surface area (Å²) in [7, 11) is 0. The summed E-state index contributed by atoms with van der Waals surface area (Å²) in [6.07, 6.45) is 1.43. The van der Waals surface area contributed by atoms with Crippen LogP contribution < -0.4 is 16.0 Å². The summed E-state index contributed by atoms with van der Waals surface area (Å²) in [5, 5.41) is 3.20. The van der Waals surface area contributed by atoms with Crippen LogP contribution >= 0.6 is 31.9 Å². The largest absolute Gasteiger partial charge is 0.447 e. The lowest BCUT2D eigenvalue weighted by Gasteiger charge is -2.22. The molecular formula is C23H23Br2FN6O2. The molecule has 1 fully saturated rings. The maximum Gasteiger partial charge on any atom is 0.416 e. The molecule has 1 aliphatic rings. The molecule has 1 saturated heterocycles. The lowest BCUT2D eigenvalue weighted by atomic mass is 10.0. The van der Waals surface area contributed by atoms with Crippen molar-refractivity contribution >= 4 is 55.4 Å². The van der Waals surface area contributed by atoms with Crippen molar-refractivity contribution in [1.29, 1.82) is 0 Å². The zero-order valence-electron chi connectivity index (χ0n) is 18.7. The summed E-state index contributed by atoms with van der Waals surface area (Å²) >= 11 is 7.17. The second-order valence-corrected chi connectivity index (χ2v) is 9.69. The monoisotopic (exact) mass is 592 g/mol. The molecule has 2 aromatic heterocycles. The van der Waals surface area contributed by atoms with Gasteiger partial charge < -0.3 is 15.8 Å². The number of nitrogens with two attached hydrogens (primary N) is 1. The van der Waals surface area contributed by atoms with Crippen LogP contribution in [0.3, 0.4) is 0 Å². The van der Waals surface area contributed by atoms with Crippen LogP contribution in [0.2, 0.25) is 0 Å². The van der Waals surface area contributed by atoms with Gasteiger partial charge in [0, 0.05) is 38.2 Å². The normalized spacial score (nSPS) is 17.4. The Bertz CT molecular complexity index is 1240. The summed E-state index contributed by atoms with van der Waals surface area (Å²) in [6, 6.07) is 6.30. The topological polar surface area (TPSA) is 106 Å². The molecule has 4 rings (SSSR count).